The van der Waals surface area contributed by atoms with Crippen LogP contribution in [0.3, 0.4) is 0 Å². The number of rotatable bonds is 0. The number of hydrogen-bond acceptors (Lipinski definition) is 2. The molecule has 9 heavy (non-hydrogen) atoms. The zero-order valence-electron chi connectivity index (χ0n) is 6.95. The minimum Gasteiger partial charge on any atom is -0.232 e. The van der Waals surface area contributed by atoms with Crippen LogP contribution in [0, 0.1) is 5.41 Å². The first-order valence-corrected chi connectivity index (χ1v) is 3.39. The van der Waals surface area contributed by atoms with Crippen molar-refractivity contribution in [1.82, 2.24) is 10.4 Å². The van der Waals surface area contributed by atoms with Crippen LogP contribution in [0.25, 0.3) is 0 Å². The highest BCUT2D eigenvalue weighted by molar-refractivity contribution is 5.00. The smallest absolute Gasteiger partial charge is 0.0990 e. The van der Waals surface area contributed by atoms with E-state index in [-0.39, 0.29) is 5.66 Å². The third kappa shape index (κ3) is 0.864. The Bertz CT molecular complexity index is 125. The van der Waals surface area contributed by atoms with Crippen molar-refractivity contribution in [3.8, 4) is 0 Å². The molecule has 0 bridgehead atoms. The Morgan fingerprint density at radius 3 is 1.67 bits per heavy atom. The molecule has 54 valence electrons. The lowest BCUT2D eigenvalue weighted by Crippen LogP contribution is -2.31. The van der Waals surface area contributed by atoms with Gasteiger partial charge in [0, 0.05) is 7.05 Å². The quantitative estimate of drug-likeness (QED) is 0.496. The van der Waals surface area contributed by atoms with Crippen molar-refractivity contribution in [2.75, 3.05) is 7.05 Å². The molecule has 0 radical (unpaired) electrons. The van der Waals surface area contributed by atoms with Gasteiger partial charge in [0.25, 0.3) is 0 Å². The second-order valence-corrected chi connectivity index (χ2v) is 3.99. The van der Waals surface area contributed by atoms with Crippen LogP contribution in [0.15, 0.2) is 0 Å². The molecule has 0 aromatic carbocycles. The largest absolute Gasteiger partial charge is 0.232 e. The molecule has 0 saturated carbocycles. The summed E-state index contributed by atoms with van der Waals surface area (Å²) in [6, 6.07) is 0. The van der Waals surface area contributed by atoms with E-state index in [1.54, 1.807) is 0 Å². The topological polar surface area (TPSA) is 25.0 Å². The van der Waals surface area contributed by atoms with E-state index in [2.05, 4.69) is 45.2 Å². The SMILES string of the molecule is CN1NC1(C)C(C)(C)C. The predicted molar refractivity (Wildman–Crippen MR) is 38.8 cm³/mol. The average Bonchev–Trinajstić information content (AvgIpc) is 2.13. The van der Waals surface area contributed by atoms with Crippen LogP contribution in [-0.4, -0.2) is 17.7 Å². The van der Waals surface area contributed by atoms with Gasteiger partial charge in [-0.05, 0) is 12.3 Å². The van der Waals surface area contributed by atoms with Gasteiger partial charge in [0.1, 0.15) is 0 Å². The summed E-state index contributed by atoms with van der Waals surface area (Å²) in [7, 11) is 2.07. The summed E-state index contributed by atoms with van der Waals surface area (Å²) in [6.45, 7) is 8.93. The fraction of sp³-hybridized carbons (Fsp3) is 1.00. The van der Waals surface area contributed by atoms with Crippen LogP contribution in [0.4, 0.5) is 0 Å². The Morgan fingerprint density at radius 2 is 1.67 bits per heavy atom. The molecular formula is C7H16N2. The van der Waals surface area contributed by atoms with Gasteiger partial charge < -0.3 is 0 Å². The maximum Gasteiger partial charge on any atom is 0.0990 e. The highest BCUT2D eigenvalue weighted by Gasteiger charge is 2.53. The maximum absolute atomic E-state index is 3.28. The van der Waals surface area contributed by atoms with Crippen LogP contribution in [0.5, 0.6) is 0 Å². The Hall–Kier alpha value is -0.0800. The summed E-state index contributed by atoms with van der Waals surface area (Å²) in [6.07, 6.45) is 0. The predicted octanol–water partition coefficient (Wildman–Crippen LogP) is 1.20. The molecule has 2 atom stereocenters. The molecule has 0 amide bonds. The first-order chi connectivity index (χ1) is 3.88. The Morgan fingerprint density at radius 1 is 1.33 bits per heavy atom. The molecule has 1 N–H and O–H groups in total. The van der Waals surface area contributed by atoms with Crippen LogP contribution in [0.2, 0.25) is 0 Å². The van der Waals surface area contributed by atoms with Crippen molar-refractivity contribution in [3.63, 3.8) is 0 Å². The van der Waals surface area contributed by atoms with Gasteiger partial charge in [0.15, 0.2) is 0 Å². The molecule has 2 unspecified atom stereocenters. The third-order valence-electron chi connectivity index (χ3n) is 2.47. The van der Waals surface area contributed by atoms with Crippen LogP contribution < -0.4 is 5.43 Å². The van der Waals surface area contributed by atoms with Crippen molar-refractivity contribution in [3.05, 3.63) is 0 Å². The molecule has 2 heteroatoms. The van der Waals surface area contributed by atoms with E-state index in [9.17, 15) is 0 Å². The molecule has 1 rings (SSSR count). The zero-order chi connectivity index (χ0) is 7.28. The van der Waals surface area contributed by atoms with Gasteiger partial charge in [-0.25, -0.2) is 10.4 Å². The second kappa shape index (κ2) is 1.50. The van der Waals surface area contributed by atoms with Crippen molar-refractivity contribution in [2.24, 2.45) is 5.41 Å². The van der Waals surface area contributed by atoms with Gasteiger partial charge in [-0.2, -0.15) is 0 Å². The average molecular weight is 128 g/mol. The van der Waals surface area contributed by atoms with Crippen molar-refractivity contribution < 1.29 is 0 Å². The van der Waals surface area contributed by atoms with Crippen LogP contribution in [0.1, 0.15) is 27.7 Å². The van der Waals surface area contributed by atoms with Crippen molar-refractivity contribution in [2.45, 2.75) is 33.4 Å². The standard InChI is InChI=1S/C7H16N2/c1-6(2,3)7(4)8-9(7)5/h8H,1-5H3. The Balaban J connectivity index is 2.64. The maximum atomic E-state index is 3.28. The summed E-state index contributed by atoms with van der Waals surface area (Å²) in [5.41, 5.74) is 3.85. The number of nitrogens with zero attached hydrogens (tertiary/aromatic N) is 1. The van der Waals surface area contributed by atoms with Gasteiger partial charge in [-0.3, -0.25) is 0 Å². The first kappa shape index (κ1) is 7.03. The molecule has 1 heterocycles. The number of nitrogens with one attached hydrogen (secondary N) is 1. The van der Waals surface area contributed by atoms with Gasteiger partial charge in [0.05, 0.1) is 5.66 Å². The summed E-state index contributed by atoms with van der Waals surface area (Å²) in [5, 5.41) is 2.15. The highest BCUT2D eigenvalue weighted by Crippen LogP contribution is 2.39. The van der Waals surface area contributed by atoms with Gasteiger partial charge in [-0.1, -0.05) is 20.8 Å². The van der Waals surface area contributed by atoms with Crippen LogP contribution in [-0.2, 0) is 0 Å². The van der Waals surface area contributed by atoms with Gasteiger partial charge in [-0.15, -0.1) is 0 Å². The fourth-order valence-electron chi connectivity index (χ4n) is 0.972. The van der Waals surface area contributed by atoms with Gasteiger partial charge in [0.2, 0.25) is 0 Å². The molecule has 1 aliphatic heterocycles. The normalized spacial score (nSPS) is 43.0. The lowest BCUT2D eigenvalue weighted by Gasteiger charge is -2.24. The van der Waals surface area contributed by atoms with E-state index >= 15 is 0 Å². The monoisotopic (exact) mass is 128 g/mol. The van der Waals surface area contributed by atoms with E-state index in [0.717, 1.165) is 0 Å². The van der Waals surface area contributed by atoms with E-state index < -0.39 is 0 Å². The molecular weight excluding hydrogens is 112 g/mol. The second-order valence-electron chi connectivity index (χ2n) is 3.99. The van der Waals surface area contributed by atoms with Crippen molar-refractivity contribution >= 4 is 0 Å². The Labute approximate surface area is 57.2 Å². The van der Waals surface area contributed by atoms with E-state index in [1.165, 1.54) is 0 Å². The minimum atomic E-state index is 0.229. The van der Waals surface area contributed by atoms with Crippen molar-refractivity contribution in [1.29, 1.82) is 0 Å². The fourth-order valence-corrected chi connectivity index (χ4v) is 0.972. The number of hydrogen-bond donors (Lipinski definition) is 1. The minimum absolute atomic E-state index is 0.229. The lowest BCUT2D eigenvalue weighted by molar-refractivity contribution is 0.251. The zero-order valence-corrected chi connectivity index (χ0v) is 6.95. The highest BCUT2D eigenvalue weighted by atomic mass is 15.8. The lowest BCUT2D eigenvalue weighted by atomic mass is 9.85. The molecule has 1 fully saturated rings. The van der Waals surface area contributed by atoms with E-state index in [0.29, 0.717) is 5.41 Å². The summed E-state index contributed by atoms with van der Waals surface area (Å²) in [4.78, 5) is 0. The Kier molecular flexibility index (Phi) is 1.17. The van der Waals surface area contributed by atoms with E-state index in [4.69, 9.17) is 0 Å². The molecule has 0 aromatic heterocycles. The molecule has 0 aliphatic carbocycles. The number of hydrazine groups is 1. The molecule has 1 saturated heterocycles. The first-order valence-electron chi connectivity index (χ1n) is 3.39. The molecule has 0 aromatic rings. The summed E-state index contributed by atoms with van der Waals surface area (Å²) >= 11 is 0. The summed E-state index contributed by atoms with van der Waals surface area (Å²) < 4.78 is 0. The molecule has 1 aliphatic rings. The molecule has 0 spiro atoms. The summed E-state index contributed by atoms with van der Waals surface area (Å²) in [5.74, 6) is 0. The van der Waals surface area contributed by atoms with E-state index in [1.807, 2.05) is 0 Å². The third-order valence-corrected chi connectivity index (χ3v) is 2.47. The van der Waals surface area contributed by atoms with Crippen LogP contribution >= 0.6 is 0 Å². The molecule has 2 nitrogen and oxygen atoms in total. The van der Waals surface area contributed by atoms with Gasteiger partial charge >= 0.3 is 0 Å².